The molecule has 0 atom stereocenters. The first kappa shape index (κ1) is 11.9. The van der Waals surface area contributed by atoms with Gasteiger partial charge >= 0.3 is 0 Å². The number of nitriles is 1. The van der Waals surface area contributed by atoms with Gasteiger partial charge in [-0.15, -0.1) is 0 Å². The molecule has 2 N–H and O–H groups in total. The zero-order chi connectivity index (χ0) is 13.9. The van der Waals surface area contributed by atoms with E-state index in [1.165, 1.54) is 0 Å². The Balaban J connectivity index is 2.02. The van der Waals surface area contributed by atoms with Gasteiger partial charge in [0.2, 0.25) is 0 Å². The highest BCUT2D eigenvalue weighted by Crippen LogP contribution is 2.25. The smallest absolute Gasteiger partial charge is 0.142 e. The molecule has 5 nitrogen and oxygen atoms in total. The quantitative estimate of drug-likeness (QED) is 0.718. The lowest BCUT2D eigenvalue weighted by Gasteiger charge is -2.02. The van der Waals surface area contributed by atoms with Gasteiger partial charge in [0.15, 0.2) is 0 Å². The highest BCUT2D eigenvalue weighted by atomic mass is 15.3. The maximum Gasteiger partial charge on any atom is 0.142 e. The summed E-state index contributed by atoms with van der Waals surface area (Å²) in [7, 11) is 0. The van der Waals surface area contributed by atoms with Crippen LogP contribution in [0, 0.1) is 11.3 Å². The average Bonchev–Trinajstić information content (AvgIpc) is 2.97. The van der Waals surface area contributed by atoms with Gasteiger partial charge in [-0.1, -0.05) is 18.2 Å². The second-order valence-electron chi connectivity index (χ2n) is 4.27. The summed E-state index contributed by atoms with van der Waals surface area (Å²) in [4.78, 5) is 3.94. The van der Waals surface area contributed by atoms with E-state index in [2.05, 4.69) is 10.1 Å². The monoisotopic (exact) mass is 261 g/mol. The van der Waals surface area contributed by atoms with Crippen molar-refractivity contribution >= 4 is 5.69 Å². The first-order valence-corrected chi connectivity index (χ1v) is 6.04. The fourth-order valence-electron chi connectivity index (χ4n) is 1.99. The predicted octanol–water partition coefficient (Wildman–Crippen LogP) is 2.39. The van der Waals surface area contributed by atoms with Gasteiger partial charge in [-0.2, -0.15) is 10.4 Å². The zero-order valence-electron chi connectivity index (χ0n) is 10.6. The Morgan fingerprint density at radius 1 is 1.20 bits per heavy atom. The first-order chi connectivity index (χ1) is 9.78. The van der Waals surface area contributed by atoms with E-state index >= 15 is 0 Å². The molecule has 0 saturated heterocycles. The minimum atomic E-state index is 0.360. The number of aromatic nitrogens is 3. The number of nitrogens with zero attached hydrogens (tertiary/aromatic N) is 4. The van der Waals surface area contributed by atoms with E-state index in [0.717, 1.165) is 16.8 Å². The molecule has 3 rings (SSSR count). The van der Waals surface area contributed by atoms with Crippen LogP contribution in [-0.4, -0.2) is 14.8 Å². The predicted molar refractivity (Wildman–Crippen MR) is 75.9 cm³/mol. The average molecular weight is 261 g/mol. The third-order valence-corrected chi connectivity index (χ3v) is 2.98. The second kappa shape index (κ2) is 4.86. The third kappa shape index (κ3) is 2.10. The van der Waals surface area contributed by atoms with Crippen molar-refractivity contribution in [1.29, 1.82) is 5.26 Å². The SMILES string of the molecule is N#Cc1cc(-n2cc(-c3ccccc3N)cn2)ccn1. The number of nitrogen functional groups attached to an aromatic ring is 1. The highest BCUT2D eigenvalue weighted by molar-refractivity contribution is 5.75. The Kier molecular flexibility index (Phi) is 2.90. The molecule has 2 heterocycles. The summed E-state index contributed by atoms with van der Waals surface area (Å²) >= 11 is 0. The van der Waals surface area contributed by atoms with E-state index in [-0.39, 0.29) is 0 Å². The standard InChI is InChI=1S/C15H11N5/c16-8-12-7-13(5-6-18-12)20-10-11(9-19-20)14-3-1-2-4-15(14)17/h1-7,9-10H,17H2. The molecule has 0 spiro atoms. The Morgan fingerprint density at radius 3 is 2.85 bits per heavy atom. The van der Waals surface area contributed by atoms with Gasteiger partial charge in [0.25, 0.3) is 0 Å². The molecule has 0 aliphatic rings. The number of nitrogens with two attached hydrogens (primary N) is 1. The van der Waals surface area contributed by atoms with Crippen molar-refractivity contribution in [2.24, 2.45) is 0 Å². The first-order valence-electron chi connectivity index (χ1n) is 6.04. The summed E-state index contributed by atoms with van der Waals surface area (Å²) in [5.74, 6) is 0. The molecule has 2 aromatic heterocycles. The largest absolute Gasteiger partial charge is 0.398 e. The molecular formula is C15H11N5. The molecule has 20 heavy (non-hydrogen) atoms. The number of hydrogen-bond acceptors (Lipinski definition) is 4. The van der Waals surface area contributed by atoms with Crippen LogP contribution in [0.3, 0.4) is 0 Å². The topological polar surface area (TPSA) is 80.5 Å². The van der Waals surface area contributed by atoms with Gasteiger partial charge < -0.3 is 5.73 Å². The van der Waals surface area contributed by atoms with Crippen LogP contribution in [-0.2, 0) is 0 Å². The van der Waals surface area contributed by atoms with Gasteiger partial charge in [0.05, 0.1) is 11.9 Å². The maximum atomic E-state index is 8.87. The molecule has 5 heteroatoms. The third-order valence-electron chi connectivity index (χ3n) is 2.98. The fourth-order valence-corrected chi connectivity index (χ4v) is 1.99. The fraction of sp³-hybridized carbons (Fsp3) is 0. The summed E-state index contributed by atoms with van der Waals surface area (Å²) in [5.41, 5.74) is 9.68. The lowest BCUT2D eigenvalue weighted by atomic mass is 10.1. The Hall–Kier alpha value is -3.13. The minimum absolute atomic E-state index is 0.360. The summed E-state index contributed by atoms with van der Waals surface area (Å²) in [6, 6.07) is 13.1. The molecule has 0 bridgehead atoms. The molecular weight excluding hydrogens is 250 g/mol. The molecule has 0 aliphatic heterocycles. The van der Waals surface area contributed by atoms with Gasteiger partial charge in [-0.05, 0) is 12.1 Å². The van der Waals surface area contributed by atoms with E-state index in [1.54, 1.807) is 29.2 Å². The van der Waals surface area contributed by atoms with Crippen molar-refractivity contribution in [3.8, 4) is 22.9 Å². The van der Waals surface area contributed by atoms with Gasteiger partial charge in [-0.25, -0.2) is 9.67 Å². The van der Waals surface area contributed by atoms with Crippen LogP contribution in [0.1, 0.15) is 5.69 Å². The summed E-state index contributed by atoms with van der Waals surface area (Å²) in [6.07, 6.45) is 5.21. The van der Waals surface area contributed by atoms with Gasteiger partial charge in [-0.3, -0.25) is 0 Å². The van der Waals surface area contributed by atoms with Gasteiger partial charge in [0.1, 0.15) is 11.8 Å². The Morgan fingerprint density at radius 2 is 2.05 bits per heavy atom. The number of benzene rings is 1. The Bertz CT molecular complexity index is 798. The van der Waals surface area contributed by atoms with Crippen LogP contribution in [0.25, 0.3) is 16.8 Å². The van der Waals surface area contributed by atoms with Crippen molar-refractivity contribution in [1.82, 2.24) is 14.8 Å². The normalized spacial score (nSPS) is 10.2. The van der Waals surface area contributed by atoms with Crippen LogP contribution in [0.2, 0.25) is 0 Å². The molecule has 0 saturated carbocycles. The highest BCUT2D eigenvalue weighted by Gasteiger charge is 2.06. The molecule has 96 valence electrons. The zero-order valence-corrected chi connectivity index (χ0v) is 10.6. The molecule has 3 aromatic rings. The number of hydrogen-bond donors (Lipinski definition) is 1. The van der Waals surface area contributed by atoms with E-state index < -0.39 is 0 Å². The van der Waals surface area contributed by atoms with Gasteiger partial charge in [0, 0.05) is 35.3 Å². The Labute approximate surface area is 115 Å². The summed E-state index contributed by atoms with van der Waals surface area (Å²) in [5, 5.41) is 13.2. The number of rotatable bonds is 2. The maximum absolute atomic E-state index is 8.87. The van der Waals surface area contributed by atoms with Crippen LogP contribution < -0.4 is 5.73 Å². The molecule has 0 amide bonds. The molecule has 0 aliphatic carbocycles. The van der Waals surface area contributed by atoms with E-state index in [1.807, 2.05) is 36.5 Å². The number of para-hydroxylation sites is 1. The lowest BCUT2D eigenvalue weighted by Crippen LogP contribution is -1.95. The van der Waals surface area contributed by atoms with Crippen LogP contribution >= 0.6 is 0 Å². The van der Waals surface area contributed by atoms with Crippen LogP contribution in [0.15, 0.2) is 55.0 Å². The van der Waals surface area contributed by atoms with E-state index in [0.29, 0.717) is 11.4 Å². The van der Waals surface area contributed by atoms with Crippen molar-refractivity contribution in [2.45, 2.75) is 0 Å². The molecule has 0 unspecified atom stereocenters. The van der Waals surface area contributed by atoms with E-state index in [9.17, 15) is 0 Å². The summed E-state index contributed by atoms with van der Waals surface area (Å²) in [6.45, 7) is 0. The summed E-state index contributed by atoms with van der Waals surface area (Å²) < 4.78 is 1.70. The lowest BCUT2D eigenvalue weighted by molar-refractivity contribution is 0.876. The van der Waals surface area contributed by atoms with Crippen molar-refractivity contribution in [2.75, 3.05) is 5.73 Å². The molecule has 0 radical (unpaired) electrons. The molecule has 1 aromatic carbocycles. The van der Waals surface area contributed by atoms with Crippen LogP contribution in [0.5, 0.6) is 0 Å². The number of anilines is 1. The second-order valence-corrected chi connectivity index (χ2v) is 4.27. The minimum Gasteiger partial charge on any atom is -0.398 e. The number of pyridine rings is 1. The van der Waals surface area contributed by atoms with Crippen molar-refractivity contribution < 1.29 is 0 Å². The van der Waals surface area contributed by atoms with Crippen LogP contribution in [0.4, 0.5) is 5.69 Å². The van der Waals surface area contributed by atoms with Crippen molar-refractivity contribution in [3.05, 3.63) is 60.7 Å². The van der Waals surface area contributed by atoms with E-state index in [4.69, 9.17) is 11.0 Å². The van der Waals surface area contributed by atoms with Crippen molar-refractivity contribution in [3.63, 3.8) is 0 Å². The molecule has 0 fully saturated rings.